The minimum atomic E-state index is -0.273. The Bertz CT molecular complexity index is 949. The minimum absolute atomic E-state index is 0.0684. The zero-order valence-corrected chi connectivity index (χ0v) is 14.3. The Labute approximate surface area is 145 Å². The molecule has 1 aromatic carbocycles. The number of rotatable bonds is 4. The standard InChI is InChI=1S/C19H18N4O2/c1-12(24)13-8-9-17(20-11-13)22-19(25)15-10-18(23(2)3)21-16-7-5-4-6-14(15)16/h4-11H,1-3H3,(H,20,22,25). The van der Waals surface area contributed by atoms with Gasteiger partial charge in [-0.3, -0.25) is 9.59 Å². The van der Waals surface area contributed by atoms with E-state index in [1.807, 2.05) is 43.3 Å². The van der Waals surface area contributed by atoms with Crippen molar-refractivity contribution in [3.05, 3.63) is 59.8 Å². The van der Waals surface area contributed by atoms with Crippen LogP contribution in [0.4, 0.5) is 11.6 Å². The molecule has 0 saturated heterocycles. The second kappa shape index (κ2) is 6.68. The molecule has 0 aliphatic carbocycles. The molecular weight excluding hydrogens is 316 g/mol. The highest BCUT2D eigenvalue weighted by Gasteiger charge is 2.14. The average molecular weight is 334 g/mol. The number of ketones is 1. The lowest BCUT2D eigenvalue weighted by Crippen LogP contribution is -2.16. The van der Waals surface area contributed by atoms with Crippen LogP contribution in [-0.4, -0.2) is 35.8 Å². The van der Waals surface area contributed by atoms with Crippen LogP contribution in [0.2, 0.25) is 0 Å². The molecule has 1 amide bonds. The van der Waals surface area contributed by atoms with Crippen molar-refractivity contribution in [2.45, 2.75) is 6.92 Å². The predicted molar refractivity (Wildman–Crippen MR) is 98.3 cm³/mol. The van der Waals surface area contributed by atoms with Crippen molar-refractivity contribution < 1.29 is 9.59 Å². The summed E-state index contributed by atoms with van der Waals surface area (Å²) in [5.41, 5.74) is 1.77. The molecule has 0 unspecified atom stereocenters. The molecule has 0 atom stereocenters. The van der Waals surface area contributed by atoms with E-state index in [4.69, 9.17) is 0 Å². The maximum Gasteiger partial charge on any atom is 0.257 e. The van der Waals surface area contributed by atoms with Crippen molar-refractivity contribution in [1.82, 2.24) is 9.97 Å². The van der Waals surface area contributed by atoms with Crippen LogP contribution >= 0.6 is 0 Å². The van der Waals surface area contributed by atoms with Crippen LogP contribution in [0.25, 0.3) is 10.9 Å². The Hall–Kier alpha value is -3.28. The zero-order chi connectivity index (χ0) is 18.0. The highest BCUT2D eigenvalue weighted by atomic mass is 16.1. The third kappa shape index (κ3) is 3.47. The van der Waals surface area contributed by atoms with Gasteiger partial charge in [0.2, 0.25) is 0 Å². The molecule has 126 valence electrons. The normalized spacial score (nSPS) is 10.5. The molecule has 0 fully saturated rings. The number of nitrogens with zero attached hydrogens (tertiary/aromatic N) is 3. The van der Waals surface area contributed by atoms with Gasteiger partial charge in [0.1, 0.15) is 11.6 Å². The van der Waals surface area contributed by atoms with Crippen LogP contribution in [0.5, 0.6) is 0 Å². The summed E-state index contributed by atoms with van der Waals surface area (Å²) in [6.07, 6.45) is 1.45. The molecule has 0 radical (unpaired) electrons. The molecule has 0 aliphatic rings. The van der Waals surface area contributed by atoms with E-state index in [0.29, 0.717) is 22.8 Å². The molecule has 3 aromatic rings. The first-order valence-corrected chi connectivity index (χ1v) is 7.81. The number of Topliss-reactive ketones (excluding diaryl/α,β-unsaturated/α-hetero) is 1. The number of carbonyl (C=O) groups is 2. The SMILES string of the molecule is CC(=O)c1ccc(NC(=O)c2cc(N(C)C)nc3ccccc23)nc1. The Kier molecular flexibility index (Phi) is 4.43. The summed E-state index contributed by atoms with van der Waals surface area (Å²) >= 11 is 0. The highest BCUT2D eigenvalue weighted by molar-refractivity contribution is 6.12. The van der Waals surface area contributed by atoms with Crippen LogP contribution in [0.1, 0.15) is 27.6 Å². The van der Waals surface area contributed by atoms with Gasteiger partial charge in [-0.25, -0.2) is 9.97 Å². The molecule has 0 aliphatic heterocycles. The highest BCUT2D eigenvalue weighted by Crippen LogP contribution is 2.23. The van der Waals surface area contributed by atoms with Gasteiger partial charge in [-0.2, -0.15) is 0 Å². The lowest BCUT2D eigenvalue weighted by atomic mass is 10.1. The van der Waals surface area contributed by atoms with Gasteiger partial charge in [-0.05, 0) is 31.2 Å². The first-order valence-electron chi connectivity index (χ1n) is 7.81. The number of amides is 1. The number of anilines is 2. The third-order valence-electron chi connectivity index (χ3n) is 3.82. The lowest BCUT2D eigenvalue weighted by molar-refractivity contribution is 0.101. The molecule has 6 nitrogen and oxygen atoms in total. The van der Waals surface area contributed by atoms with Crippen LogP contribution in [0.3, 0.4) is 0 Å². The molecule has 6 heteroatoms. The summed E-state index contributed by atoms with van der Waals surface area (Å²) in [4.78, 5) is 34.6. The summed E-state index contributed by atoms with van der Waals surface area (Å²) < 4.78 is 0. The predicted octanol–water partition coefficient (Wildman–Crippen LogP) is 3.15. The molecule has 25 heavy (non-hydrogen) atoms. The molecular formula is C19H18N4O2. The Morgan fingerprint density at radius 3 is 2.48 bits per heavy atom. The molecule has 2 aromatic heterocycles. The van der Waals surface area contributed by atoms with Gasteiger partial charge in [-0.15, -0.1) is 0 Å². The van der Waals surface area contributed by atoms with Crippen LogP contribution < -0.4 is 10.2 Å². The average Bonchev–Trinajstić information content (AvgIpc) is 2.61. The third-order valence-corrected chi connectivity index (χ3v) is 3.82. The van der Waals surface area contributed by atoms with Gasteiger partial charge in [0, 0.05) is 31.2 Å². The number of pyridine rings is 2. The van der Waals surface area contributed by atoms with Gasteiger partial charge < -0.3 is 10.2 Å². The number of hydrogen-bond acceptors (Lipinski definition) is 5. The number of nitrogens with one attached hydrogen (secondary N) is 1. The zero-order valence-electron chi connectivity index (χ0n) is 14.3. The Balaban J connectivity index is 1.97. The number of aromatic nitrogens is 2. The number of carbonyl (C=O) groups excluding carboxylic acids is 2. The van der Waals surface area contributed by atoms with E-state index < -0.39 is 0 Å². The van der Waals surface area contributed by atoms with E-state index in [1.54, 1.807) is 18.2 Å². The molecule has 1 N–H and O–H groups in total. The van der Waals surface area contributed by atoms with E-state index >= 15 is 0 Å². The Morgan fingerprint density at radius 1 is 1.08 bits per heavy atom. The Morgan fingerprint density at radius 2 is 1.84 bits per heavy atom. The van der Waals surface area contributed by atoms with Gasteiger partial charge in [-0.1, -0.05) is 18.2 Å². The number of para-hydroxylation sites is 1. The van der Waals surface area contributed by atoms with Crippen molar-refractivity contribution in [1.29, 1.82) is 0 Å². The second-order valence-corrected chi connectivity index (χ2v) is 5.88. The summed E-state index contributed by atoms with van der Waals surface area (Å²) in [5, 5.41) is 3.54. The second-order valence-electron chi connectivity index (χ2n) is 5.88. The minimum Gasteiger partial charge on any atom is -0.363 e. The van der Waals surface area contributed by atoms with Crippen molar-refractivity contribution in [2.24, 2.45) is 0 Å². The van der Waals surface area contributed by atoms with E-state index in [9.17, 15) is 9.59 Å². The van der Waals surface area contributed by atoms with Crippen LogP contribution in [0, 0.1) is 0 Å². The maximum absolute atomic E-state index is 12.8. The first kappa shape index (κ1) is 16.6. The van der Waals surface area contributed by atoms with E-state index in [1.165, 1.54) is 13.1 Å². The molecule has 2 heterocycles. The van der Waals surface area contributed by atoms with Crippen molar-refractivity contribution in [3.8, 4) is 0 Å². The fourth-order valence-electron chi connectivity index (χ4n) is 2.44. The molecule has 0 saturated carbocycles. The number of hydrogen-bond donors (Lipinski definition) is 1. The lowest BCUT2D eigenvalue weighted by Gasteiger charge is -2.15. The monoisotopic (exact) mass is 334 g/mol. The van der Waals surface area contributed by atoms with Crippen molar-refractivity contribution >= 4 is 34.2 Å². The van der Waals surface area contributed by atoms with Crippen molar-refractivity contribution in [2.75, 3.05) is 24.3 Å². The number of benzene rings is 1. The van der Waals surface area contributed by atoms with Crippen LogP contribution in [0.15, 0.2) is 48.7 Å². The van der Waals surface area contributed by atoms with E-state index in [0.717, 1.165) is 10.9 Å². The maximum atomic E-state index is 12.8. The topological polar surface area (TPSA) is 75.2 Å². The van der Waals surface area contributed by atoms with E-state index in [2.05, 4.69) is 15.3 Å². The molecule has 0 spiro atoms. The smallest absolute Gasteiger partial charge is 0.257 e. The first-order chi connectivity index (χ1) is 12.0. The van der Waals surface area contributed by atoms with Gasteiger partial charge in [0.25, 0.3) is 5.91 Å². The molecule has 0 bridgehead atoms. The quantitative estimate of drug-likeness (QED) is 0.742. The summed E-state index contributed by atoms with van der Waals surface area (Å²) in [5.74, 6) is 0.747. The fourth-order valence-corrected chi connectivity index (χ4v) is 2.44. The number of fused-ring (bicyclic) bond motifs is 1. The van der Waals surface area contributed by atoms with Gasteiger partial charge in [0.15, 0.2) is 5.78 Å². The van der Waals surface area contributed by atoms with Crippen molar-refractivity contribution in [3.63, 3.8) is 0 Å². The summed E-state index contributed by atoms with van der Waals surface area (Å²) in [6.45, 7) is 1.47. The van der Waals surface area contributed by atoms with Gasteiger partial charge in [0.05, 0.1) is 11.1 Å². The van der Waals surface area contributed by atoms with Crippen LogP contribution in [-0.2, 0) is 0 Å². The fraction of sp³-hybridized carbons (Fsp3) is 0.158. The molecule has 3 rings (SSSR count). The summed E-state index contributed by atoms with van der Waals surface area (Å²) in [6, 6.07) is 12.5. The largest absolute Gasteiger partial charge is 0.363 e. The summed E-state index contributed by atoms with van der Waals surface area (Å²) in [7, 11) is 3.75. The van der Waals surface area contributed by atoms with Gasteiger partial charge >= 0.3 is 0 Å². The van der Waals surface area contributed by atoms with E-state index in [-0.39, 0.29) is 11.7 Å².